The van der Waals surface area contributed by atoms with Gasteiger partial charge in [-0.2, -0.15) is 5.10 Å². The summed E-state index contributed by atoms with van der Waals surface area (Å²) in [6.45, 7) is 2.52. The molecule has 0 unspecified atom stereocenters. The number of nitrogens with one attached hydrogen (secondary N) is 2. The number of pyridine rings is 1. The number of carbonyl (C=O) groups excluding carboxylic acids is 1. The Hall–Kier alpha value is -3.12. The van der Waals surface area contributed by atoms with Gasteiger partial charge in [-0.1, -0.05) is 29.8 Å². The van der Waals surface area contributed by atoms with Gasteiger partial charge in [-0.15, -0.1) is 0 Å². The zero-order chi connectivity index (χ0) is 19.0. The minimum Gasteiger partial charge on any atom is -0.350 e. The molecule has 0 aliphatic rings. The molecule has 1 amide bonds. The molecular formula is C20H17ClN4O2. The standard InChI is InChI=1S/C20H17ClN4O2/c1-12-17-18(24-23-12)15-4-2-3-5-16(15)25(20(17)27)11-10-22-19(26)13-6-8-14(21)9-7-13/h2-9H,10-11H2,1H3,(H,22,26)(H,23,24). The van der Waals surface area contributed by atoms with E-state index < -0.39 is 0 Å². The molecule has 4 rings (SSSR count). The van der Waals surface area contributed by atoms with Gasteiger partial charge in [0.05, 0.1) is 10.9 Å². The van der Waals surface area contributed by atoms with Gasteiger partial charge >= 0.3 is 0 Å². The lowest BCUT2D eigenvalue weighted by Gasteiger charge is -2.12. The van der Waals surface area contributed by atoms with Crippen LogP contribution >= 0.6 is 11.6 Å². The zero-order valence-electron chi connectivity index (χ0n) is 14.6. The second-order valence-corrected chi connectivity index (χ2v) is 6.75. The lowest BCUT2D eigenvalue weighted by atomic mass is 10.1. The van der Waals surface area contributed by atoms with E-state index >= 15 is 0 Å². The Morgan fingerprint density at radius 2 is 1.93 bits per heavy atom. The van der Waals surface area contributed by atoms with Gasteiger partial charge in [-0.25, -0.2) is 0 Å². The maximum Gasteiger partial charge on any atom is 0.262 e. The molecule has 7 heteroatoms. The van der Waals surface area contributed by atoms with Gasteiger partial charge in [-0.3, -0.25) is 14.7 Å². The van der Waals surface area contributed by atoms with E-state index in [2.05, 4.69) is 15.5 Å². The average molecular weight is 381 g/mol. The van der Waals surface area contributed by atoms with E-state index in [0.717, 1.165) is 16.6 Å². The van der Waals surface area contributed by atoms with Gasteiger partial charge in [0.15, 0.2) is 0 Å². The highest BCUT2D eigenvalue weighted by atomic mass is 35.5. The second kappa shape index (κ2) is 6.89. The number of H-pyrrole nitrogens is 1. The normalized spacial score (nSPS) is 11.2. The van der Waals surface area contributed by atoms with E-state index in [4.69, 9.17) is 11.6 Å². The van der Waals surface area contributed by atoms with Gasteiger partial charge in [0, 0.05) is 34.8 Å². The fourth-order valence-electron chi connectivity index (χ4n) is 3.25. The minimum atomic E-state index is -0.204. The van der Waals surface area contributed by atoms with Crippen molar-refractivity contribution in [2.75, 3.05) is 6.54 Å². The third-order valence-electron chi connectivity index (χ3n) is 4.58. The van der Waals surface area contributed by atoms with Crippen LogP contribution in [-0.4, -0.2) is 27.2 Å². The van der Waals surface area contributed by atoms with Crippen LogP contribution in [0.3, 0.4) is 0 Å². The molecule has 0 aliphatic carbocycles. The van der Waals surface area contributed by atoms with Crippen LogP contribution < -0.4 is 10.9 Å². The van der Waals surface area contributed by atoms with Crippen molar-refractivity contribution in [1.82, 2.24) is 20.1 Å². The van der Waals surface area contributed by atoms with Crippen molar-refractivity contribution in [3.63, 3.8) is 0 Å². The smallest absolute Gasteiger partial charge is 0.262 e. The van der Waals surface area contributed by atoms with Crippen LogP contribution in [0.5, 0.6) is 0 Å². The summed E-state index contributed by atoms with van der Waals surface area (Å²) in [5.74, 6) is -0.204. The Kier molecular flexibility index (Phi) is 4.41. The number of aryl methyl sites for hydroxylation is 1. The maximum absolute atomic E-state index is 13.0. The minimum absolute atomic E-state index is 0.115. The van der Waals surface area contributed by atoms with Crippen molar-refractivity contribution in [2.45, 2.75) is 13.5 Å². The fraction of sp³-hybridized carbons (Fsp3) is 0.150. The van der Waals surface area contributed by atoms with Crippen LogP contribution in [0.25, 0.3) is 21.8 Å². The number of carbonyl (C=O) groups is 1. The van der Waals surface area contributed by atoms with E-state index in [1.165, 1.54) is 0 Å². The first kappa shape index (κ1) is 17.3. The van der Waals surface area contributed by atoms with E-state index in [-0.39, 0.29) is 11.5 Å². The van der Waals surface area contributed by atoms with Gasteiger partial charge in [0.25, 0.3) is 11.5 Å². The highest BCUT2D eigenvalue weighted by Gasteiger charge is 2.15. The van der Waals surface area contributed by atoms with Crippen molar-refractivity contribution in [3.8, 4) is 0 Å². The number of amides is 1. The number of halogens is 1. The number of benzene rings is 2. The molecule has 6 nitrogen and oxygen atoms in total. The largest absolute Gasteiger partial charge is 0.350 e. The number of aromatic amines is 1. The first-order valence-corrected chi connectivity index (χ1v) is 8.94. The summed E-state index contributed by atoms with van der Waals surface area (Å²) < 4.78 is 1.68. The predicted octanol–water partition coefficient (Wildman–Crippen LogP) is 3.27. The van der Waals surface area contributed by atoms with Crippen molar-refractivity contribution < 1.29 is 4.79 Å². The SMILES string of the molecule is Cc1[nH]nc2c1c(=O)n(CCNC(=O)c1ccc(Cl)cc1)c1ccccc21. The van der Waals surface area contributed by atoms with Crippen molar-refractivity contribution in [3.05, 3.63) is 75.2 Å². The number of hydrogen-bond donors (Lipinski definition) is 2. The molecule has 2 aromatic carbocycles. The Morgan fingerprint density at radius 1 is 1.19 bits per heavy atom. The number of nitrogens with zero attached hydrogens (tertiary/aromatic N) is 2. The molecular weight excluding hydrogens is 364 g/mol. The summed E-state index contributed by atoms with van der Waals surface area (Å²) in [6.07, 6.45) is 0. The zero-order valence-corrected chi connectivity index (χ0v) is 15.4. The molecule has 0 atom stereocenters. The summed E-state index contributed by atoms with van der Waals surface area (Å²) in [7, 11) is 0. The summed E-state index contributed by atoms with van der Waals surface area (Å²) in [4.78, 5) is 25.2. The Bertz CT molecular complexity index is 1210. The summed E-state index contributed by atoms with van der Waals surface area (Å²) in [5, 5.41) is 12.1. The fourth-order valence-corrected chi connectivity index (χ4v) is 3.37. The summed E-state index contributed by atoms with van der Waals surface area (Å²) >= 11 is 5.85. The average Bonchev–Trinajstić information content (AvgIpc) is 3.07. The second-order valence-electron chi connectivity index (χ2n) is 6.31. The predicted molar refractivity (Wildman–Crippen MR) is 106 cm³/mol. The van der Waals surface area contributed by atoms with E-state index in [0.29, 0.717) is 34.6 Å². The van der Waals surface area contributed by atoms with Crippen molar-refractivity contribution in [1.29, 1.82) is 0 Å². The topological polar surface area (TPSA) is 79.8 Å². The van der Waals surface area contributed by atoms with Crippen LogP contribution in [0.4, 0.5) is 0 Å². The van der Waals surface area contributed by atoms with E-state index in [1.54, 1.807) is 28.8 Å². The number of hydrogen-bond acceptors (Lipinski definition) is 3. The lowest BCUT2D eigenvalue weighted by Crippen LogP contribution is -2.31. The highest BCUT2D eigenvalue weighted by Crippen LogP contribution is 2.22. The van der Waals surface area contributed by atoms with Crippen LogP contribution in [0.2, 0.25) is 5.02 Å². The van der Waals surface area contributed by atoms with Gasteiger partial charge in [0.2, 0.25) is 0 Å². The van der Waals surface area contributed by atoms with Crippen LogP contribution in [-0.2, 0) is 6.54 Å². The van der Waals surface area contributed by atoms with Crippen molar-refractivity contribution >= 4 is 39.3 Å². The van der Waals surface area contributed by atoms with Crippen molar-refractivity contribution in [2.24, 2.45) is 0 Å². The third kappa shape index (κ3) is 3.08. The van der Waals surface area contributed by atoms with Crippen LogP contribution in [0.15, 0.2) is 53.3 Å². The Balaban J connectivity index is 1.64. The van der Waals surface area contributed by atoms with E-state index in [1.807, 2.05) is 31.2 Å². The monoisotopic (exact) mass is 380 g/mol. The molecule has 0 spiro atoms. The molecule has 0 aliphatic heterocycles. The van der Waals surface area contributed by atoms with Crippen LogP contribution in [0.1, 0.15) is 16.1 Å². The van der Waals surface area contributed by atoms with Gasteiger partial charge < -0.3 is 9.88 Å². The number of rotatable bonds is 4. The molecule has 4 aromatic rings. The van der Waals surface area contributed by atoms with Gasteiger partial charge in [0.1, 0.15) is 5.52 Å². The maximum atomic E-state index is 13.0. The third-order valence-corrected chi connectivity index (χ3v) is 4.84. The molecule has 0 bridgehead atoms. The summed E-state index contributed by atoms with van der Waals surface area (Å²) in [5.41, 5.74) is 2.62. The molecule has 27 heavy (non-hydrogen) atoms. The van der Waals surface area contributed by atoms with Gasteiger partial charge in [-0.05, 0) is 37.3 Å². The Labute approximate surface area is 159 Å². The molecule has 0 radical (unpaired) electrons. The Morgan fingerprint density at radius 3 is 2.70 bits per heavy atom. The molecule has 0 fully saturated rings. The molecule has 2 N–H and O–H groups in total. The first-order valence-electron chi connectivity index (χ1n) is 8.56. The number of aromatic nitrogens is 3. The van der Waals surface area contributed by atoms with Crippen LogP contribution in [0, 0.1) is 6.92 Å². The number of para-hydroxylation sites is 1. The molecule has 2 aromatic heterocycles. The molecule has 136 valence electrons. The first-order chi connectivity index (χ1) is 13.1. The lowest BCUT2D eigenvalue weighted by molar-refractivity contribution is 0.0952. The molecule has 0 saturated carbocycles. The molecule has 2 heterocycles. The molecule has 0 saturated heterocycles. The quantitative estimate of drug-likeness (QED) is 0.570. The highest BCUT2D eigenvalue weighted by molar-refractivity contribution is 6.30. The van der Waals surface area contributed by atoms with E-state index in [9.17, 15) is 9.59 Å². The summed E-state index contributed by atoms with van der Waals surface area (Å²) in [6, 6.07) is 14.3. The number of fused-ring (bicyclic) bond motifs is 3.